The minimum Gasteiger partial charge on any atom is -0.297 e. The van der Waals surface area contributed by atoms with E-state index in [1.54, 1.807) is 0 Å². The highest BCUT2D eigenvalue weighted by molar-refractivity contribution is 7.99. The molecule has 0 spiro atoms. The summed E-state index contributed by atoms with van der Waals surface area (Å²) in [7, 11) is 0. The average Bonchev–Trinajstić information content (AvgIpc) is 2.93. The van der Waals surface area contributed by atoms with Crippen molar-refractivity contribution in [2.75, 3.05) is 11.5 Å². The van der Waals surface area contributed by atoms with Gasteiger partial charge in [-0.15, -0.1) is 0 Å². The summed E-state index contributed by atoms with van der Waals surface area (Å²) in [5, 5.41) is 0.256. The van der Waals surface area contributed by atoms with Crippen LogP contribution in [-0.4, -0.2) is 21.1 Å². The Balaban J connectivity index is 2.07. The van der Waals surface area contributed by atoms with Crippen molar-refractivity contribution < 1.29 is 0 Å². The summed E-state index contributed by atoms with van der Waals surface area (Å²) in [5.41, 5.74) is 0.131. The van der Waals surface area contributed by atoms with Crippen LogP contribution in [0.25, 0.3) is 0 Å². The van der Waals surface area contributed by atoms with Gasteiger partial charge in [0.15, 0.2) is 0 Å². The van der Waals surface area contributed by atoms with Gasteiger partial charge in [-0.05, 0) is 37.4 Å². The molecule has 1 aromatic rings. The zero-order valence-electron chi connectivity index (χ0n) is 11.4. The van der Waals surface area contributed by atoms with E-state index in [-0.39, 0.29) is 28.4 Å². The Morgan fingerprint density at radius 1 is 1.15 bits per heavy atom. The first-order valence-electron chi connectivity index (χ1n) is 7.30. The smallest absolute Gasteiger partial charge is 0.297 e. The Kier molecular flexibility index (Phi) is 4.26. The normalized spacial score (nSPS) is 24.1. The van der Waals surface area contributed by atoms with Gasteiger partial charge in [-0.3, -0.25) is 14.3 Å². The van der Waals surface area contributed by atoms with Crippen molar-refractivity contribution in [3.05, 3.63) is 31.6 Å². The molecule has 1 saturated heterocycles. The number of rotatable bonds is 2. The second-order valence-corrected chi connectivity index (χ2v) is 7.21. The van der Waals surface area contributed by atoms with E-state index in [1.165, 1.54) is 4.57 Å². The van der Waals surface area contributed by atoms with Gasteiger partial charge in [0.2, 0.25) is 0 Å². The molecule has 4 nitrogen and oxygen atoms in total. The van der Waals surface area contributed by atoms with Crippen LogP contribution in [0.15, 0.2) is 9.59 Å². The summed E-state index contributed by atoms with van der Waals surface area (Å²) in [6.45, 7) is 0. The van der Waals surface area contributed by atoms with E-state index in [0.29, 0.717) is 5.56 Å². The summed E-state index contributed by atoms with van der Waals surface area (Å²) in [6.07, 6.45) is 6.24. The molecule has 6 heteroatoms. The van der Waals surface area contributed by atoms with Crippen molar-refractivity contribution in [3.63, 3.8) is 0 Å². The Morgan fingerprint density at radius 2 is 1.90 bits per heavy atom. The van der Waals surface area contributed by atoms with Gasteiger partial charge in [0, 0.05) is 5.75 Å². The third-order valence-corrected chi connectivity index (χ3v) is 5.88. The molecule has 1 saturated carbocycles. The molecule has 0 bridgehead atoms. The van der Waals surface area contributed by atoms with E-state index in [4.69, 9.17) is 11.6 Å². The van der Waals surface area contributed by atoms with Crippen LogP contribution in [-0.2, 0) is 0 Å². The van der Waals surface area contributed by atoms with Crippen molar-refractivity contribution >= 4 is 23.4 Å². The number of nitrogens with zero attached hydrogens (tertiary/aromatic N) is 1. The molecule has 0 amide bonds. The first-order chi connectivity index (χ1) is 9.68. The van der Waals surface area contributed by atoms with E-state index in [2.05, 4.69) is 4.98 Å². The molecule has 1 aromatic heterocycles. The first-order valence-corrected chi connectivity index (χ1v) is 8.83. The molecule has 2 heterocycles. The molecule has 1 atom stereocenters. The van der Waals surface area contributed by atoms with Crippen molar-refractivity contribution in [1.82, 2.24) is 9.55 Å². The highest BCUT2D eigenvalue weighted by Gasteiger charge is 2.27. The lowest BCUT2D eigenvalue weighted by Crippen LogP contribution is -2.42. The molecule has 110 valence electrons. The quantitative estimate of drug-likeness (QED) is 0.854. The molecule has 2 aliphatic rings. The number of H-pyrrole nitrogens is 1. The van der Waals surface area contributed by atoms with Crippen molar-refractivity contribution in [2.45, 2.75) is 50.5 Å². The zero-order valence-corrected chi connectivity index (χ0v) is 12.9. The van der Waals surface area contributed by atoms with Crippen LogP contribution in [0.2, 0.25) is 5.15 Å². The van der Waals surface area contributed by atoms with Gasteiger partial charge in [-0.1, -0.05) is 24.4 Å². The highest BCUT2D eigenvalue weighted by Crippen LogP contribution is 2.35. The molecule has 1 aliphatic carbocycles. The van der Waals surface area contributed by atoms with Crippen LogP contribution >= 0.6 is 23.4 Å². The predicted octanol–water partition coefficient (Wildman–Crippen LogP) is 2.92. The molecule has 1 N–H and O–H groups in total. The second kappa shape index (κ2) is 5.98. The van der Waals surface area contributed by atoms with Crippen molar-refractivity contribution in [3.8, 4) is 0 Å². The summed E-state index contributed by atoms with van der Waals surface area (Å²) >= 11 is 7.96. The van der Waals surface area contributed by atoms with Gasteiger partial charge in [-0.25, -0.2) is 4.79 Å². The molecular weight excluding hydrogens is 296 g/mol. The average molecular weight is 315 g/mol. The summed E-state index contributed by atoms with van der Waals surface area (Å²) < 4.78 is 1.42. The fraction of sp³-hybridized carbons (Fsp3) is 0.714. The van der Waals surface area contributed by atoms with Gasteiger partial charge in [0.1, 0.15) is 5.15 Å². The maximum absolute atomic E-state index is 12.7. The number of hydrogen-bond donors (Lipinski definition) is 1. The fourth-order valence-electron chi connectivity index (χ4n) is 3.36. The number of hydrogen-bond acceptors (Lipinski definition) is 3. The summed E-state index contributed by atoms with van der Waals surface area (Å²) in [5.74, 6) is 2.18. The van der Waals surface area contributed by atoms with Crippen LogP contribution in [0.3, 0.4) is 0 Å². The molecule has 0 aromatic carbocycles. The fourth-order valence-corrected chi connectivity index (χ4v) is 4.81. The maximum Gasteiger partial charge on any atom is 0.329 e. The molecule has 20 heavy (non-hydrogen) atoms. The third-order valence-electron chi connectivity index (χ3n) is 4.39. The van der Waals surface area contributed by atoms with Gasteiger partial charge >= 0.3 is 5.69 Å². The molecule has 3 rings (SSSR count). The lowest BCUT2D eigenvalue weighted by Gasteiger charge is -2.24. The monoisotopic (exact) mass is 314 g/mol. The van der Waals surface area contributed by atoms with Crippen molar-refractivity contribution in [1.29, 1.82) is 0 Å². The minimum atomic E-state index is -0.353. The largest absolute Gasteiger partial charge is 0.329 e. The zero-order chi connectivity index (χ0) is 14.1. The highest BCUT2D eigenvalue weighted by atomic mass is 35.5. The van der Waals surface area contributed by atoms with Crippen LogP contribution < -0.4 is 11.2 Å². The molecule has 1 unspecified atom stereocenters. The standard InChI is InChI=1S/C14H19ClN2O2S/c15-12-11(9-4-1-2-5-9)13(18)17(14(19)16-12)10-6-3-7-20-8-10/h9-10H,1-8H2,(H,16,19). The van der Waals surface area contributed by atoms with Gasteiger partial charge in [0.05, 0.1) is 11.6 Å². The SMILES string of the molecule is O=c1[nH]c(Cl)c(C2CCCC2)c(=O)n1C1CCCSC1. The number of halogens is 1. The van der Waals surface area contributed by atoms with Gasteiger partial charge in [-0.2, -0.15) is 11.8 Å². The van der Waals surface area contributed by atoms with Crippen LogP contribution in [0, 0.1) is 0 Å². The lowest BCUT2D eigenvalue weighted by molar-refractivity contribution is 0.459. The molecular formula is C14H19ClN2O2S. The van der Waals surface area contributed by atoms with Crippen molar-refractivity contribution in [2.24, 2.45) is 0 Å². The van der Waals surface area contributed by atoms with E-state index in [1.807, 2.05) is 11.8 Å². The Bertz CT molecular complexity index is 598. The van der Waals surface area contributed by atoms with Gasteiger partial charge < -0.3 is 0 Å². The van der Waals surface area contributed by atoms with E-state index >= 15 is 0 Å². The predicted molar refractivity (Wildman–Crippen MR) is 83.1 cm³/mol. The number of thioether (sulfide) groups is 1. The molecule has 1 aliphatic heterocycles. The second-order valence-electron chi connectivity index (χ2n) is 5.69. The topological polar surface area (TPSA) is 54.9 Å². The first kappa shape index (κ1) is 14.3. The summed E-state index contributed by atoms with van der Waals surface area (Å²) in [4.78, 5) is 27.6. The Morgan fingerprint density at radius 3 is 2.55 bits per heavy atom. The van der Waals surface area contributed by atoms with Crippen LogP contribution in [0.4, 0.5) is 0 Å². The molecule has 0 radical (unpaired) electrons. The summed E-state index contributed by atoms with van der Waals surface area (Å²) in [6, 6.07) is 0.0161. The lowest BCUT2D eigenvalue weighted by atomic mass is 10.0. The van der Waals surface area contributed by atoms with Crippen LogP contribution in [0.5, 0.6) is 0 Å². The number of aromatic nitrogens is 2. The van der Waals surface area contributed by atoms with E-state index in [0.717, 1.165) is 50.0 Å². The Hall–Kier alpha value is -0.680. The van der Waals surface area contributed by atoms with Gasteiger partial charge in [0.25, 0.3) is 5.56 Å². The number of aromatic amines is 1. The van der Waals surface area contributed by atoms with E-state index < -0.39 is 0 Å². The maximum atomic E-state index is 12.7. The third kappa shape index (κ3) is 2.58. The van der Waals surface area contributed by atoms with E-state index in [9.17, 15) is 9.59 Å². The molecule has 2 fully saturated rings. The Labute approximate surface area is 126 Å². The minimum absolute atomic E-state index is 0.0161. The number of nitrogens with one attached hydrogen (secondary N) is 1. The van der Waals surface area contributed by atoms with Crippen LogP contribution in [0.1, 0.15) is 56.0 Å².